The first-order chi connectivity index (χ1) is 8.90. The monoisotopic (exact) mass is 320 g/mol. The zero-order valence-corrected chi connectivity index (χ0v) is 12.8. The van der Waals surface area contributed by atoms with E-state index < -0.39 is 3.79 Å². The summed E-state index contributed by atoms with van der Waals surface area (Å²) in [4.78, 5) is 12.3. The van der Waals surface area contributed by atoms with Crippen LogP contribution in [0.25, 0.3) is 0 Å². The number of hydrogen-bond acceptors (Lipinski definition) is 2. The topological polar surface area (TPSA) is 26.3 Å². The second kappa shape index (κ2) is 5.90. The van der Waals surface area contributed by atoms with Crippen LogP contribution in [0.4, 0.5) is 0 Å². The van der Waals surface area contributed by atoms with Crippen molar-refractivity contribution < 1.29 is 9.53 Å². The molecule has 1 unspecified atom stereocenters. The van der Waals surface area contributed by atoms with E-state index in [-0.39, 0.29) is 24.0 Å². The maximum absolute atomic E-state index is 12.3. The number of carbonyl (C=O) groups excluding carboxylic acids is 1. The Labute approximate surface area is 128 Å². The predicted molar refractivity (Wildman–Crippen MR) is 78.4 cm³/mol. The molecule has 1 aromatic rings. The van der Waals surface area contributed by atoms with Crippen LogP contribution in [0.1, 0.15) is 30.7 Å². The Morgan fingerprint density at radius 2 is 1.89 bits per heavy atom. The van der Waals surface area contributed by atoms with Crippen molar-refractivity contribution in [2.75, 3.05) is 7.11 Å². The SMILES string of the molecule is COc1ccc(C(CC(Cl)(Cl)Cl)C(=O)C2CC2)cc1. The minimum absolute atomic E-state index is 0.138. The lowest BCUT2D eigenvalue weighted by Gasteiger charge is -2.21. The Hall–Kier alpha value is -0.440. The summed E-state index contributed by atoms with van der Waals surface area (Å²) in [6.45, 7) is 0. The Balaban J connectivity index is 2.21. The molecule has 0 amide bonds. The molecule has 0 bridgehead atoms. The second-order valence-corrected chi connectivity index (χ2v) is 7.34. The minimum Gasteiger partial charge on any atom is -0.497 e. The lowest BCUT2D eigenvalue weighted by atomic mass is 9.89. The van der Waals surface area contributed by atoms with Gasteiger partial charge in [-0.1, -0.05) is 46.9 Å². The fourth-order valence-electron chi connectivity index (χ4n) is 2.10. The molecule has 2 nitrogen and oxygen atoms in total. The molecule has 0 N–H and O–H groups in total. The Kier molecular flexibility index (Phi) is 4.65. The zero-order valence-electron chi connectivity index (χ0n) is 10.5. The van der Waals surface area contributed by atoms with Crippen LogP contribution in [0.5, 0.6) is 5.75 Å². The molecule has 104 valence electrons. The van der Waals surface area contributed by atoms with Gasteiger partial charge in [0.05, 0.1) is 7.11 Å². The van der Waals surface area contributed by atoms with Crippen molar-refractivity contribution in [1.29, 1.82) is 0 Å². The van der Waals surface area contributed by atoms with Gasteiger partial charge in [-0.15, -0.1) is 0 Å². The number of carbonyl (C=O) groups is 1. The van der Waals surface area contributed by atoms with Crippen LogP contribution in [0.15, 0.2) is 24.3 Å². The first kappa shape index (κ1) is 15.0. The second-order valence-electron chi connectivity index (χ2n) is 4.82. The molecule has 1 saturated carbocycles. The van der Waals surface area contributed by atoms with Crippen LogP contribution in [0.3, 0.4) is 0 Å². The van der Waals surface area contributed by atoms with Crippen molar-refractivity contribution in [1.82, 2.24) is 0 Å². The van der Waals surface area contributed by atoms with Crippen LogP contribution in [0, 0.1) is 5.92 Å². The highest BCUT2D eigenvalue weighted by Crippen LogP contribution is 2.43. The lowest BCUT2D eigenvalue weighted by molar-refractivity contribution is -0.121. The molecule has 0 aromatic heterocycles. The molecule has 2 rings (SSSR count). The molecular weight excluding hydrogens is 307 g/mol. The fourth-order valence-corrected chi connectivity index (χ4v) is 2.57. The van der Waals surface area contributed by atoms with Gasteiger partial charge in [0.2, 0.25) is 0 Å². The molecule has 0 aliphatic heterocycles. The number of ketones is 1. The molecule has 1 aliphatic carbocycles. The van der Waals surface area contributed by atoms with Crippen molar-refractivity contribution >= 4 is 40.6 Å². The van der Waals surface area contributed by atoms with Crippen LogP contribution < -0.4 is 4.74 Å². The molecule has 0 spiro atoms. The van der Waals surface area contributed by atoms with Gasteiger partial charge in [-0.25, -0.2) is 0 Å². The maximum Gasteiger partial charge on any atom is 0.191 e. The summed E-state index contributed by atoms with van der Waals surface area (Å²) in [5.74, 6) is 0.706. The average Bonchev–Trinajstić information content (AvgIpc) is 3.18. The summed E-state index contributed by atoms with van der Waals surface area (Å²) in [6.07, 6.45) is 2.11. The highest BCUT2D eigenvalue weighted by atomic mass is 35.6. The number of ether oxygens (including phenoxy) is 1. The first-order valence-corrected chi connectivity index (χ1v) is 7.28. The van der Waals surface area contributed by atoms with Gasteiger partial charge in [-0.05, 0) is 30.5 Å². The zero-order chi connectivity index (χ0) is 14.0. The number of rotatable bonds is 5. The van der Waals surface area contributed by atoms with Crippen molar-refractivity contribution in [3.8, 4) is 5.75 Å². The van der Waals surface area contributed by atoms with E-state index in [4.69, 9.17) is 39.5 Å². The highest BCUT2D eigenvalue weighted by molar-refractivity contribution is 6.67. The maximum atomic E-state index is 12.3. The fraction of sp³-hybridized carbons (Fsp3) is 0.500. The molecular formula is C14H15Cl3O2. The van der Waals surface area contributed by atoms with E-state index >= 15 is 0 Å². The molecule has 5 heteroatoms. The van der Waals surface area contributed by atoms with E-state index in [1.165, 1.54) is 0 Å². The number of benzene rings is 1. The van der Waals surface area contributed by atoms with Crippen molar-refractivity contribution in [2.45, 2.75) is 29.0 Å². The van der Waals surface area contributed by atoms with Gasteiger partial charge in [0, 0.05) is 18.3 Å². The molecule has 19 heavy (non-hydrogen) atoms. The van der Waals surface area contributed by atoms with E-state index in [9.17, 15) is 4.79 Å². The molecule has 1 fully saturated rings. The van der Waals surface area contributed by atoms with E-state index in [0.29, 0.717) is 0 Å². The lowest BCUT2D eigenvalue weighted by Crippen LogP contribution is -2.20. The average molecular weight is 322 g/mol. The molecule has 0 saturated heterocycles. The molecule has 1 aliphatic rings. The highest BCUT2D eigenvalue weighted by Gasteiger charge is 2.38. The first-order valence-electron chi connectivity index (χ1n) is 6.15. The molecule has 1 atom stereocenters. The summed E-state index contributed by atoms with van der Waals surface area (Å²) < 4.78 is 3.69. The molecule has 0 heterocycles. The van der Waals surface area contributed by atoms with Crippen LogP contribution in [-0.2, 0) is 4.79 Å². The molecule has 1 aromatic carbocycles. The van der Waals surface area contributed by atoms with Crippen molar-refractivity contribution in [3.05, 3.63) is 29.8 Å². The van der Waals surface area contributed by atoms with Crippen LogP contribution >= 0.6 is 34.8 Å². The van der Waals surface area contributed by atoms with Gasteiger partial charge >= 0.3 is 0 Å². The summed E-state index contributed by atoms with van der Waals surface area (Å²) in [5.41, 5.74) is 0.879. The predicted octanol–water partition coefficient (Wildman–Crippen LogP) is 4.52. The number of hydrogen-bond donors (Lipinski definition) is 0. The Morgan fingerprint density at radius 3 is 2.32 bits per heavy atom. The van der Waals surface area contributed by atoms with Crippen molar-refractivity contribution in [2.24, 2.45) is 5.92 Å². The normalized spacial score (nSPS) is 17.1. The van der Waals surface area contributed by atoms with Crippen molar-refractivity contribution in [3.63, 3.8) is 0 Å². The van der Waals surface area contributed by atoms with Gasteiger partial charge in [0.25, 0.3) is 0 Å². The quantitative estimate of drug-likeness (QED) is 0.745. The van der Waals surface area contributed by atoms with E-state index in [0.717, 1.165) is 24.2 Å². The third kappa shape index (κ3) is 4.27. The van der Waals surface area contributed by atoms with Crippen LogP contribution in [-0.4, -0.2) is 16.7 Å². The number of methoxy groups -OCH3 is 1. The van der Waals surface area contributed by atoms with Gasteiger partial charge in [0.1, 0.15) is 11.5 Å². The third-order valence-corrected chi connectivity index (χ3v) is 3.74. The summed E-state index contributed by atoms with van der Waals surface area (Å²) >= 11 is 17.6. The largest absolute Gasteiger partial charge is 0.497 e. The van der Waals surface area contributed by atoms with Gasteiger partial charge in [-0.3, -0.25) is 4.79 Å². The summed E-state index contributed by atoms with van der Waals surface area (Å²) in [7, 11) is 1.60. The number of Topliss-reactive ketones (excluding diaryl/α,β-unsaturated/α-hetero) is 1. The minimum atomic E-state index is -1.42. The van der Waals surface area contributed by atoms with Crippen LogP contribution in [0.2, 0.25) is 0 Å². The standard InChI is InChI=1S/C14H15Cl3O2/c1-19-11-6-4-9(5-7-11)12(8-14(15,16)17)13(18)10-2-3-10/h4-7,10,12H,2-3,8H2,1H3. The summed E-state index contributed by atoms with van der Waals surface area (Å²) in [6, 6.07) is 7.36. The van der Waals surface area contributed by atoms with E-state index in [1.807, 2.05) is 24.3 Å². The smallest absolute Gasteiger partial charge is 0.191 e. The van der Waals surface area contributed by atoms with E-state index in [2.05, 4.69) is 0 Å². The number of halogens is 3. The van der Waals surface area contributed by atoms with Gasteiger partial charge in [-0.2, -0.15) is 0 Å². The Bertz CT molecular complexity index is 447. The van der Waals surface area contributed by atoms with Gasteiger partial charge in [0.15, 0.2) is 3.79 Å². The molecule has 0 radical (unpaired) electrons. The van der Waals surface area contributed by atoms with Gasteiger partial charge < -0.3 is 4.74 Å². The Morgan fingerprint density at radius 1 is 1.32 bits per heavy atom. The van der Waals surface area contributed by atoms with E-state index in [1.54, 1.807) is 7.11 Å². The third-order valence-electron chi connectivity index (χ3n) is 3.28. The summed E-state index contributed by atoms with van der Waals surface area (Å²) in [5, 5.41) is 0. The number of alkyl halides is 3.